The number of aryl methyl sites for hydroxylation is 1. The van der Waals surface area contributed by atoms with Crippen LogP contribution in [0, 0.1) is 6.92 Å². The number of hydrogen-bond acceptors (Lipinski definition) is 5. The Balaban J connectivity index is 1.49. The molecule has 1 amide bonds. The molecule has 26 heavy (non-hydrogen) atoms. The highest BCUT2D eigenvalue weighted by molar-refractivity contribution is 7.09. The van der Waals surface area contributed by atoms with Crippen LogP contribution in [-0.2, 0) is 24.2 Å². The van der Waals surface area contributed by atoms with Crippen molar-refractivity contribution in [1.82, 2.24) is 24.6 Å². The first-order valence-electron chi connectivity index (χ1n) is 8.75. The largest absolute Gasteiger partial charge is 0.333 e. The van der Waals surface area contributed by atoms with Gasteiger partial charge in [0.1, 0.15) is 5.82 Å². The van der Waals surface area contributed by atoms with Gasteiger partial charge in [0.15, 0.2) is 5.82 Å². The Kier molecular flexibility index (Phi) is 4.55. The van der Waals surface area contributed by atoms with Crippen LogP contribution in [0.1, 0.15) is 40.9 Å². The van der Waals surface area contributed by atoms with Gasteiger partial charge in [-0.2, -0.15) is 0 Å². The van der Waals surface area contributed by atoms with Crippen molar-refractivity contribution in [1.29, 1.82) is 0 Å². The van der Waals surface area contributed by atoms with E-state index < -0.39 is 0 Å². The molecule has 0 unspecified atom stereocenters. The molecule has 0 N–H and O–H groups in total. The van der Waals surface area contributed by atoms with E-state index in [9.17, 15) is 4.79 Å². The maximum absolute atomic E-state index is 12.7. The van der Waals surface area contributed by atoms with Crippen LogP contribution in [0.3, 0.4) is 0 Å². The smallest absolute Gasteiger partial charge is 0.229 e. The van der Waals surface area contributed by atoms with Crippen molar-refractivity contribution in [2.75, 3.05) is 6.54 Å². The normalized spacial score (nSPS) is 16.5. The highest BCUT2D eigenvalue weighted by Gasteiger charge is 2.29. The Labute approximate surface area is 156 Å². The van der Waals surface area contributed by atoms with E-state index in [1.54, 1.807) is 11.3 Å². The lowest BCUT2D eigenvalue weighted by molar-refractivity contribution is -0.132. The molecule has 0 radical (unpaired) electrons. The van der Waals surface area contributed by atoms with Crippen LogP contribution < -0.4 is 0 Å². The summed E-state index contributed by atoms with van der Waals surface area (Å²) in [4.78, 5) is 18.9. The van der Waals surface area contributed by atoms with Crippen LogP contribution in [0.15, 0.2) is 35.7 Å². The number of carbonyl (C=O) groups is 1. The molecule has 6 nitrogen and oxygen atoms in total. The van der Waals surface area contributed by atoms with Crippen molar-refractivity contribution in [3.05, 3.63) is 63.6 Å². The maximum atomic E-state index is 12.7. The molecule has 0 saturated heterocycles. The van der Waals surface area contributed by atoms with Gasteiger partial charge in [-0.3, -0.25) is 4.79 Å². The minimum atomic E-state index is 0.0982. The maximum Gasteiger partial charge on any atom is 0.229 e. The van der Waals surface area contributed by atoms with Crippen molar-refractivity contribution in [3.8, 4) is 0 Å². The van der Waals surface area contributed by atoms with Gasteiger partial charge in [0.2, 0.25) is 5.91 Å². The summed E-state index contributed by atoms with van der Waals surface area (Å²) in [6, 6.07) is 10.4. The second kappa shape index (κ2) is 6.99. The summed E-state index contributed by atoms with van der Waals surface area (Å²) in [5, 5.41) is 11.7. The van der Waals surface area contributed by atoms with Crippen LogP contribution in [0.5, 0.6) is 0 Å². The second-order valence-electron chi connectivity index (χ2n) is 6.72. The molecule has 0 bridgehead atoms. The molecular weight excluding hydrogens is 346 g/mol. The molecule has 4 rings (SSSR count). The lowest BCUT2D eigenvalue weighted by atomic mass is 10.1. The number of amides is 1. The Hall–Kier alpha value is -2.54. The highest BCUT2D eigenvalue weighted by atomic mass is 32.1. The fourth-order valence-electron chi connectivity index (χ4n) is 3.46. The molecule has 1 aliphatic heterocycles. The molecule has 3 heterocycles. The molecule has 1 aromatic carbocycles. The van der Waals surface area contributed by atoms with Gasteiger partial charge in [0.05, 0.1) is 29.7 Å². The molecule has 2 aromatic heterocycles. The first-order chi connectivity index (χ1) is 12.6. The predicted molar refractivity (Wildman–Crippen MR) is 100.0 cm³/mol. The molecule has 1 aliphatic rings. The number of nitrogens with zero attached hydrogens (tertiary/aromatic N) is 5. The van der Waals surface area contributed by atoms with Crippen LogP contribution in [0.2, 0.25) is 0 Å². The lowest BCUT2D eigenvalue weighted by Gasteiger charge is -2.32. The zero-order valence-electron chi connectivity index (χ0n) is 14.9. The number of thiazole rings is 1. The molecule has 134 valence electrons. The summed E-state index contributed by atoms with van der Waals surface area (Å²) in [6.07, 6.45) is 1.10. The van der Waals surface area contributed by atoms with E-state index in [1.807, 2.05) is 35.4 Å². The molecule has 0 fully saturated rings. The number of rotatable bonds is 4. The van der Waals surface area contributed by atoms with Crippen molar-refractivity contribution < 1.29 is 4.79 Å². The Morgan fingerprint density at radius 2 is 2.08 bits per heavy atom. The summed E-state index contributed by atoms with van der Waals surface area (Å²) >= 11 is 1.58. The topological polar surface area (TPSA) is 63.9 Å². The van der Waals surface area contributed by atoms with Gasteiger partial charge in [0, 0.05) is 18.3 Å². The number of carbonyl (C=O) groups excluding carboxylic acids is 1. The Morgan fingerprint density at radius 1 is 1.27 bits per heavy atom. The first kappa shape index (κ1) is 16.9. The average molecular weight is 367 g/mol. The summed E-state index contributed by atoms with van der Waals surface area (Å²) in [5.41, 5.74) is 2.06. The molecule has 7 heteroatoms. The fourth-order valence-corrected chi connectivity index (χ4v) is 4.07. The van der Waals surface area contributed by atoms with Crippen molar-refractivity contribution in [2.24, 2.45) is 0 Å². The van der Waals surface area contributed by atoms with E-state index in [1.165, 1.54) is 5.56 Å². The molecule has 0 spiro atoms. The summed E-state index contributed by atoms with van der Waals surface area (Å²) < 4.78 is 2.18. The minimum Gasteiger partial charge on any atom is -0.333 e. The third-order valence-electron chi connectivity index (χ3n) is 4.65. The molecule has 0 saturated carbocycles. The van der Waals surface area contributed by atoms with Crippen molar-refractivity contribution in [3.63, 3.8) is 0 Å². The van der Waals surface area contributed by atoms with Gasteiger partial charge in [-0.05, 0) is 19.4 Å². The summed E-state index contributed by atoms with van der Waals surface area (Å²) in [5.74, 6) is 1.92. The zero-order chi connectivity index (χ0) is 18.1. The molecule has 0 aliphatic carbocycles. The standard InChI is InChI=1S/C19H21N5OS/c1-13-10-23(19(25)9-16-12-26-14(2)20-16)11-18-22-21-17(24(13)18)8-15-6-4-3-5-7-15/h3-7,12-13H,8-11H2,1-2H3/t13-/m0/s1. The second-order valence-corrected chi connectivity index (χ2v) is 7.78. The number of hydrogen-bond donors (Lipinski definition) is 0. The highest BCUT2D eigenvalue weighted by Crippen LogP contribution is 2.23. The van der Waals surface area contributed by atoms with Crippen molar-refractivity contribution in [2.45, 2.75) is 39.3 Å². The van der Waals surface area contributed by atoms with Gasteiger partial charge in [-0.25, -0.2) is 4.98 Å². The average Bonchev–Trinajstić information content (AvgIpc) is 3.22. The van der Waals surface area contributed by atoms with E-state index in [0.29, 0.717) is 19.5 Å². The van der Waals surface area contributed by atoms with E-state index in [-0.39, 0.29) is 11.9 Å². The number of benzene rings is 1. The van der Waals surface area contributed by atoms with Gasteiger partial charge in [-0.15, -0.1) is 21.5 Å². The third kappa shape index (κ3) is 3.39. The quantitative estimate of drug-likeness (QED) is 0.711. The summed E-state index contributed by atoms with van der Waals surface area (Å²) in [6.45, 7) is 5.26. The Bertz CT molecular complexity index is 917. The first-order valence-corrected chi connectivity index (χ1v) is 9.63. The van der Waals surface area contributed by atoms with E-state index >= 15 is 0 Å². The molecule has 3 aromatic rings. The fraction of sp³-hybridized carbons (Fsp3) is 0.368. The van der Waals surface area contributed by atoms with Gasteiger partial charge >= 0.3 is 0 Å². The predicted octanol–water partition coefficient (Wildman–Crippen LogP) is 2.78. The van der Waals surface area contributed by atoms with Crippen molar-refractivity contribution >= 4 is 17.2 Å². The monoisotopic (exact) mass is 367 g/mol. The third-order valence-corrected chi connectivity index (χ3v) is 5.47. The van der Waals surface area contributed by atoms with E-state index in [0.717, 1.165) is 28.8 Å². The van der Waals surface area contributed by atoms with Gasteiger partial charge in [0.25, 0.3) is 0 Å². The Morgan fingerprint density at radius 3 is 2.81 bits per heavy atom. The lowest BCUT2D eigenvalue weighted by Crippen LogP contribution is -2.41. The van der Waals surface area contributed by atoms with Crippen LogP contribution in [0.25, 0.3) is 0 Å². The minimum absolute atomic E-state index is 0.0982. The molecular formula is C19H21N5OS. The van der Waals surface area contributed by atoms with Crippen LogP contribution >= 0.6 is 11.3 Å². The summed E-state index contributed by atoms with van der Waals surface area (Å²) in [7, 11) is 0. The number of fused-ring (bicyclic) bond motifs is 1. The van der Waals surface area contributed by atoms with Gasteiger partial charge < -0.3 is 9.47 Å². The van der Waals surface area contributed by atoms with Gasteiger partial charge in [-0.1, -0.05) is 30.3 Å². The van der Waals surface area contributed by atoms with E-state index in [4.69, 9.17) is 0 Å². The van der Waals surface area contributed by atoms with Crippen LogP contribution in [0.4, 0.5) is 0 Å². The van der Waals surface area contributed by atoms with E-state index in [2.05, 4.69) is 38.8 Å². The molecule has 1 atom stereocenters. The zero-order valence-corrected chi connectivity index (χ0v) is 15.7. The SMILES string of the molecule is Cc1nc(CC(=O)N2Cc3nnc(Cc4ccccc4)n3[C@@H](C)C2)cs1. The number of aromatic nitrogens is 4. The van der Waals surface area contributed by atoms with Crippen LogP contribution in [-0.4, -0.2) is 37.1 Å².